The van der Waals surface area contributed by atoms with Crippen molar-refractivity contribution in [3.05, 3.63) is 78.0 Å². The number of hydrogen-bond donors (Lipinski definition) is 1. The van der Waals surface area contributed by atoms with Crippen molar-refractivity contribution in [2.45, 2.75) is 19.1 Å². The van der Waals surface area contributed by atoms with Crippen LogP contribution < -0.4 is 29.2 Å². The summed E-state index contributed by atoms with van der Waals surface area (Å²) in [5, 5.41) is 2.72. The van der Waals surface area contributed by atoms with E-state index in [1.807, 2.05) is 49.4 Å². The molecule has 1 N–H and O–H groups in total. The van der Waals surface area contributed by atoms with E-state index in [-0.39, 0.29) is 17.5 Å². The zero-order valence-corrected chi connectivity index (χ0v) is 23.8. The number of thioether (sulfide) groups is 1. The summed E-state index contributed by atoms with van der Waals surface area (Å²) in [6.45, 7) is 4.12. The van der Waals surface area contributed by atoms with Gasteiger partial charge in [0.1, 0.15) is 17.2 Å². The van der Waals surface area contributed by atoms with Gasteiger partial charge in [0.2, 0.25) is 5.91 Å². The molecule has 3 aromatic carbocycles. The van der Waals surface area contributed by atoms with Crippen LogP contribution in [-0.2, 0) is 9.59 Å². The van der Waals surface area contributed by atoms with Crippen LogP contribution in [0.25, 0.3) is 6.08 Å². The first-order chi connectivity index (χ1) is 19.4. The molecule has 0 aliphatic carbocycles. The van der Waals surface area contributed by atoms with Crippen LogP contribution in [0.3, 0.4) is 0 Å². The summed E-state index contributed by atoms with van der Waals surface area (Å²) >= 11 is 1.18. The Morgan fingerprint density at radius 2 is 1.60 bits per heavy atom. The Hall–Kier alpha value is -4.44. The van der Waals surface area contributed by atoms with Crippen LogP contribution in [0.4, 0.5) is 11.4 Å². The molecular weight excluding hydrogens is 530 g/mol. The van der Waals surface area contributed by atoms with Gasteiger partial charge in [-0.05, 0) is 50.3 Å². The number of carbonyl (C=O) groups excluding carboxylic acids is 2. The Balaban J connectivity index is 1.67. The van der Waals surface area contributed by atoms with Crippen molar-refractivity contribution in [1.29, 1.82) is 0 Å². The van der Waals surface area contributed by atoms with Crippen LogP contribution in [0.5, 0.6) is 23.0 Å². The molecule has 4 rings (SSSR count). The fourth-order valence-corrected chi connectivity index (χ4v) is 4.92. The molecule has 0 radical (unpaired) electrons. The maximum atomic E-state index is 13.7. The van der Waals surface area contributed by atoms with Gasteiger partial charge in [-0.2, -0.15) is 0 Å². The molecule has 0 saturated carbocycles. The number of rotatable bonds is 10. The van der Waals surface area contributed by atoms with Gasteiger partial charge in [0.25, 0.3) is 5.91 Å². The first-order valence-corrected chi connectivity index (χ1v) is 13.5. The Labute approximate surface area is 237 Å². The second-order valence-electron chi connectivity index (χ2n) is 8.53. The molecule has 1 atom stereocenters. The number of para-hydroxylation sites is 3. The maximum absolute atomic E-state index is 13.7. The highest BCUT2D eigenvalue weighted by atomic mass is 32.2. The summed E-state index contributed by atoms with van der Waals surface area (Å²) in [6, 6.07) is 19.8. The molecule has 208 valence electrons. The Morgan fingerprint density at radius 3 is 2.27 bits per heavy atom. The van der Waals surface area contributed by atoms with E-state index in [1.165, 1.54) is 38.0 Å². The van der Waals surface area contributed by atoms with Gasteiger partial charge in [-0.25, -0.2) is 4.99 Å². The van der Waals surface area contributed by atoms with Gasteiger partial charge in [-0.15, -0.1) is 0 Å². The van der Waals surface area contributed by atoms with E-state index in [4.69, 9.17) is 18.9 Å². The zero-order valence-electron chi connectivity index (χ0n) is 23.0. The Kier molecular flexibility index (Phi) is 9.34. The summed E-state index contributed by atoms with van der Waals surface area (Å²) in [4.78, 5) is 33.0. The summed E-state index contributed by atoms with van der Waals surface area (Å²) in [5.74, 6) is 1.47. The predicted molar refractivity (Wildman–Crippen MR) is 159 cm³/mol. The number of amides is 2. The van der Waals surface area contributed by atoms with E-state index >= 15 is 0 Å². The van der Waals surface area contributed by atoms with Gasteiger partial charge < -0.3 is 24.3 Å². The maximum Gasteiger partial charge on any atom is 0.283 e. The standard InChI is InChI=1S/C30H31N3O6S/c1-6-39-24-15-11-10-14-22(24)31-28(34)19(2)40-30-32-23(29(35)33(30)21-12-8-7-9-13-21)16-20-17-26(37-4)27(38-5)18-25(20)36-3/h7-19H,6H2,1-5H3,(H,31,34)/b23-16+. The van der Waals surface area contributed by atoms with Crippen molar-refractivity contribution in [2.75, 3.05) is 38.2 Å². The molecule has 1 aliphatic heterocycles. The van der Waals surface area contributed by atoms with Gasteiger partial charge in [-0.1, -0.05) is 42.1 Å². The van der Waals surface area contributed by atoms with Gasteiger partial charge in [0.15, 0.2) is 16.7 Å². The van der Waals surface area contributed by atoms with Crippen LogP contribution in [-0.4, -0.2) is 50.2 Å². The van der Waals surface area contributed by atoms with Crippen LogP contribution in [0.2, 0.25) is 0 Å². The molecule has 1 aliphatic rings. The average molecular weight is 562 g/mol. The van der Waals surface area contributed by atoms with Gasteiger partial charge in [0, 0.05) is 11.6 Å². The third-order valence-electron chi connectivity index (χ3n) is 5.97. The number of anilines is 2. The highest BCUT2D eigenvalue weighted by Gasteiger charge is 2.34. The minimum absolute atomic E-state index is 0.186. The number of nitrogens with one attached hydrogen (secondary N) is 1. The second-order valence-corrected chi connectivity index (χ2v) is 9.84. The van der Waals surface area contributed by atoms with Crippen LogP contribution >= 0.6 is 11.8 Å². The lowest BCUT2D eigenvalue weighted by Gasteiger charge is -2.20. The SMILES string of the molecule is CCOc1ccccc1NC(=O)C(C)SC1=N/C(=C/c2cc(OC)c(OC)cc2OC)C(=O)N1c1ccccc1. The Morgan fingerprint density at radius 1 is 0.950 bits per heavy atom. The molecule has 40 heavy (non-hydrogen) atoms. The molecule has 9 nitrogen and oxygen atoms in total. The van der Waals surface area contributed by atoms with Crippen molar-refractivity contribution in [1.82, 2.24) is 0 Å². The molecule has 0 spiro atoms. The van der Waals surface area contributed by atoms with Crippen molar-refractivity contribution >= 4 is 46.2 Å². The summed E-state index contributed by atoms with van der Waals surface area (Å²) in [6.07, 6.45) is 1.63. The molecule has 0 bridgehead atoms. The van der Waals surface area contributed by atoms with Crippen molar-refractivity contribution in [3.8, 4) is 23.0 Å². The molecular formula is C30H31N3O6S. The lowest BCUT2D eigenvalue weighted by atomic mass is 10.1. The highest BCUT2D eigenvalue weighted by molar-refractivity contribution is 8.15. The van der Waals surface area contributed by atoms with Gasteiger partial charge >= 0.3 is 0 Å². The minimum Gasteiger partial charge on any atom is -0.496 e. The molecule has 3 aromatic rings. The van der Waals surface area contributed by atoms with Gasteiger partial charge in [-0.3, -0.25) is 14.5 Å². The third-order valence-corrected chi connectivity index (χ3v) is 7.02. The van der Waals surface area contributed by atoms with Crippen molar-refractivity contribution < 1.29 is 28.5 Å². The number of amidine groups is 1. The van der Waals surface area contributed by atoms with E-state index in [9.17, 15) is 9.59 Å². The zero-order chi connectivity index (χ0) is 28.6. The Bertz CT molecular complexity index is 1440. The van der Waals surface area contributed by atoms with Crippen molar-refractivity contribution in [3.63, 3.8) is 0 Å². The smallest absolute Gasteiger partial charge is 0.283 e. The number of hydrogen-bond acceptors (Lipinski definition) is 8. The first kappa shape index (κ1) is 28.6. The normalized spacial score (nSPS) is 14.5. The fourth-order valence-electron chi connectivity index (χ4n) is 3.99. The highest BCUT2D eigenvalue weighted by Crippen LogP contribution is 2.37. The first-order valence-electron chi connectivity index (χ1n) is 12.6. The topological polar surface area (TPSA) is 98.7 Å². The molecule has 1 unspecified atom stereocenters. The monoisotopic (exact) mass is 561 g/mol. The fraction of sp³-hybridized carbons (Fsp3) is 0.233. The molecule has 2 amide bonds. The van der Waals surface area contributed by atoms with E-state index in [0.29, 0.717) is 51.7 Å². The quantitative estimate of drug-likeness (QED) is 0.321. The lowest BCUT2D eigenvalue weighted by molar-refractivity contribution is -0.115. The molecule has 0 fully saturated rings. The molecule has 0 aromatic heterocycles. The molecule has 10 heteroatoms. The summed E-state index contributed by atoms with van der Waals surface area (Å²) in [7, 11) is 4.60. The van der Waals surface area contributed by atoms with Gasteiger partial charge in [0.05, 0.1) is 44.6 Å². The number of benzene rings is 3. The van der Waals surface area contributed by atoms with E-state index < -0.39 is 5.25 Å². The second kappa shape index (κ2) is 13.1. The number of aliphatic imine (C=N–C) groups is 1. The van der Waals surface area contributed by atoms with Crippen LogP contribution in [0, 0.1) is 0 Å². The number of nitrogens with zero attached hydrogens (tertiary/aromatic N) is 2. The summed E-state index contributed by atoms with van der Waals surface area (Å²) < 4.78 is 22.0. The average Bonchev–Trinajstić information content (AvgIpc) is 3.27. The third kappa shape index (κ3) is 6.23. The predicted octanol–water partition coefficient (Wildman–Crippen LogP) is 5.62. The number of ether oxygens (including phenoxy) is 4. The van der Waals surface area contributed by atoms with Crippen LogP contribution in [0.1, 0.15) is 19.4 Å². The largest absolute Gasteiger partial charge is 0.496 e. The lowest BCUT2D eigenvalue weighted by Crippen LogP contribution is -2.33. The number of methoxy groups -OCH3 is 3. The molecule has 1 heterocycles. The summed E-state index contributed by atoms with van der Waals surface area (Å²) in [5.41, 5.74) is 1.99. The van der Waals surface area contributed by atoms with E-state index in [0.717, 1.165) is 0 Å². The molecule has 0 saturated heterocycles. The van der Waals surface area contributed by atoms with E-state index in [1.54, 1.807) is 37.3 Å². The minimum atomic E-state index is -0.581. The van der Waals surface area contributed by atoms with Crippen LogP contribution in [0.15, 0.2) is 77.4 Å². The van der Waals surface area contributed by atoms with Crippen molar-refractivity contribution in [2.24, 2.45) is 4.99 Å². The van der Waals surface area contributed by atoms with E-state index in [2.05, 4.69) is 10.3 Å². The number of carbonyl (C=O) groups is 2.